The first-order valence-corrected chi connectivity index (χ1v) is 30.1. The second-order valence-electron chi connectivity index (χ2n) is 21.0. The minimum absolute atomic E-state index is 0.0652. The van der Waals surface area contributed by atoms with Crippen molar-refractivity contribution < 1.29 is 32.9 Å². The average Bonchev–Trinajstić information content (AvgIpc) is 3.26. The Hall–Kier alpha value is -0.760. The number of hydrogen-bond donors (Lipinski definition) is 3. The molecule has 0 spiro atoms. The minimum atomic E-state index is -4.34. The molecule has 0 aliphatic heterocycles. The van der Waals surface area contributed by atoms with E-state index in [9.17, 15) is 19.4 Å². The molecule has 65 heavy (non-hydrogen) atoms. The molecule has 3 unspecified atom stereocenters. The number of nitrogens with one attached hydrogen (secondary N) is 1. The van der Waals surface area contributed by atoms with Gasteiger partial charge in [0.2, 0.25) is 5.91 Å². The zero-order chi connectivity index (χ0) is 47.8. The standard InChI is InChI=1S/C56H113N2O6P/c1-6-8-10-12-14-16-18-20-22-24-26-28-29-30-32-34-36-38-40-42-44-46-48-50-56(60)57-54(53-64-65(61,62)63-52-51-58(3,4)5)55(59)49-47-45-43-41-39-37-35-33-31-27-25-23-21-19-17-15-13-11-9-7-2/h47,49,54-55,59H,6-46,48,50-53H2,1-5H3,(H-,57,60,61,62)/p+1/b49-47+. The maximum Gasteiger partial charge on any atom is 0.472 e. The number of likely N-dealkylation sites (N-methyl/N-ethyl adjacent to an activating group) is 1. The third-order valence-electron chi connectivity index (χ3n) is 13.3. The minimum Gasteiger partial charge on any atom is -0.387 e. The Balaban J connectivity index is 4.19. The third kappa shape index (κ3) is 50.9. The molecule has 0 aromatic carbocycles. The first-order valence-electron chi connectivity index (χ1n) is 28.6. The highest BCUT2D eigenvalue weighted by molar-refractivity contribution is 7.47. The summed E-state index contributed by atoms with van der Waals surface area (Å²) in [7, 11) is 1.59. The molecule has 388 valence electrons. The molecule has 9 heteroatoms. The van der Waals surface area contributed by atoms with E-state index < -0.39 is 20.0 Å². The summed E-state index contributed by atoms with van der Waals surface area (Å²) < 4.78 is 23.7. The molecule has 0 rings (SSSR count). The first-order chi connectivity index (χ1) is 31.5. The molecular weight excluding hydrogens is 828 g/mol. The van der Waals surface area contributed by atoms with Gasteiger partial charge in [0, 0.05) is 6.42 Å². The Labute approximate surface area is 405 Å². The van der Waals surface area contributed by atoms with Gasteiger partial charge < -0.3 is 19.8 Å². The quantitative estimate of drug-likeness (QED) is 0.0243. The second-order valence-corrected chi connectivity index (χ2v) is 22.5. The Morgan fingerprint density at radius 2 is 0.815 bits per heavy atom. The van der Waals surface area contributed by atoms with Gasteiger partial charge in [-0.3, -0.25) is 13.8 Å². The van der Waals surface area contributed by atoms with Crippen LogP contribution in [0.3, 0.4) is 0 Å². The number of rotatable bonds is 53. The molecule has 0 aromatic heterocycles. The summed E-state index contributed by atoms with van der Waals surface area (Å²) in [6.45, 7) is 4.87. The van der Waals surface area contributed by atoms with Crippen LogP contribution in [0.1, 0.15) is 290 Å². The van der Waals surface area contributed by atoms with Crippen molar-refractivity contribution in [2.24, 2.45) is 0 Å². The van der Waals surface area contributed by atoms with E-state index in [0.29, 0.717) is 17.4 Å². The van der Waals surface area contributed by atoms with E-state index >= 15 is 0 Å². The number of carbonyl (C=O) groups excluding carboxylic acids is 1. The lowest BCUT2D eigenvalue weighted by atomic mass is 10.0. The number of allylic oxidation sites excluding steroid dienone is 1. The Morgan fingerprint density at radius 3 is 1.14 bits per heavy atom. The monoisotopic (exact) mass is 942 g/mol. The molecule has 0 aliphatic carbocycles. The van der Waals surface area contributed by atoms with Crippen LogP contribution in [0.15, 0.2) is 12.2 Å². The number of nitrogens with zero attached hydrogens (tertiary/aromatic N) is 1. The second kappa shape index (κ2) is 48.3. The van der Waals surface area contributed by atoms with E-state index in [1.807, 2.05) is 27.2 Å². The van der Waals surface area contributed by atoms with Crippen LogP contribution >= 0.6 is 7.82 Å². The van der Waals surface area contributed by atoms with Crippen LogP contribution in [0, 0.1) is 0 Å². The molecule has 0 saturated carbocycles. The zero-order valence-corrected chi connectivity index (χ0v) is 45.2. The van der Waals surface area contributed by atoms with Crippen molar-refractivity contribution in [3.05, 3.63) is 12.2 Å². The molecule has 0 aliphatic rings. The molecule has 3 atom stereocenters. The summed E-state index contributed by atoms with van der Waals surface area (Å²) in [5, 5.41) is 13.9. The number of aliphatic hydroxyl groups is 1. The van der Waals surface area contributed by atoms with E-state index in [4.69, 9.17) is 9.05 Å². The van der Waals surface area contributed by atoms with Gasteiger partial charge >= 0.3 is 7.82 Å². The van der Waals surface area contributed by atoms with Gasteiger partial charge in [0.25, 0.3) is 0 Å². The number of aliphatic hydroxyl groups excluding tert-OH is 1. The fourth-order valence-electron chi connectivity index (χ4n) is 8.75. The fraction of sp³-hybridized carbons (Fsp3) is 0.946. The predicted molar refractivity (Wildman–Crippen MR) is 282 cm³/mol. The zero-order valence-electron chi connectivity index (χ0n) is 44.3. The molecule has 1 amide bonds. The number of phosphoric acid groups is 1. The SMILES string of the molecule is CCCCCCCCCCCCCCCCCCCC/C=C/C(O)C(COP(=O)(O)OCC[N+](C)(C)C)NC(=O)CCCCCCCCCCCCCCCCCCCCCCCCC. The number of unbranched alkanes of at least 4 members (excludes halogenated alkanes) is 40. The molecule has 0 fully saturated rings. The molecule has 8 nitrogen and oxygen atoms in total. The van der Waals surface area contributed by atoms with Crippen molar-refractivity contribution in [2.45, 2.75) is 302 Å². The summed E-state index contributed by atoms with van der Waals surface area (Å²) in [4.78, 5) is 23.3. The molecule has 0 bridgehead atoms. The van der Waals surface area contributed by atoms with E-state index in [2.05, 4.69) is 19.2 Å². The smallest absolute Gasteiger partial charge is 0.387 e. The lowest BCUT2D eigenvalue weighted by Crippen LogP contribution is -2.45. The number of quaternary nitrogens is 1. The van der Waals surface area contributed by atoms with Crippen LogP contribution in [-0.4, -0.2) is 73.4 Å². The van der Waals surface area contributed by atoms with Crippen molar-refractivity contribution in [1.82, 2.24) is 5.32 Å². The number of hydrogen-bond acceptors (Lipinski definition) is 5. The van der Waals surface area contributed by atoms with E-state index in [-0.39, 0.29) is 19.1 Å². The Kier molecular flexibility index (Phi) is 47.7. The van der Waals surface area contributed by atoms with Gasteiger partial charge in [0.15, 0.2) is 0 Å². The van der Waals surface area contributed by atoms with Gasteiger partial charge in [0.05, 0.1) is 39.9 Å². The normalized spacial score (nSPS) is 14.0. The van der Waals surface area contributed by atoms with E-state index in [1.54, 1.807) is 6.08 Å². The molecule has 0 heterocycles. The summed E-state index contributed by atoms with van der Waals surface area (Å²) in [5.41, 5.74) is 0. The summed E-state index contributed by atoms with van der Waals surface area (Å²) >= 11 is 0. The maximum atomic E-state index is 13.0. The van der Waals surface area contributed by atoms with Crippen molar-refractivity contribution in [3.63, 3.8) is 0 Å². The highest BCUT2D eigenvalue weighted by atomic mass is 31.2. The largest absolute Gasteiger partial charge is 0.472 e. The highest BCUT2D eigenvalue weighted by Crippen LogP contribution is 2.43. The van der Waals surface area contributed by atoms with Crippen molar-refractivity contribution in [1.29, 1.82) is 0 Å². The lowest BCUT2D eigenvalue weighted by Gasteiger charge is -2.25. The van der Waals surface area contributed by atoms with E-state index in [1.165, 1.54) is 238 Å². The van der Waals surface area contributed by atoms with Crippen LogP contribution in [-0.2, 0) is 18.4 Å². The van der Waals surface area contributed by atoms with Crippen LogP contribution in [0.25, 0.3) is 0 Å². The van der Waals surface area contributed by atoms with Gasteiger partial charge in [-0.05, 0) is 19.3 Å². The lowest BCUT2D eigenvalue weighted by molar-refractivity contribution is -0.870. The van der Waals surface area contributed by atoms with Crippen molar-refractivity contribution in [3.8, 4) is 0 Å². The van der Waals surface area contributed by atoms with Crippen molar-refractivity contribution in [2.75, 3.05) is 40.9 Å². The van der Waals surface area contributed by atoms with Gasteiger partial charge in [0.1, 0.15) is 13.2 Å². The highest BCUT2D eigenvalue weighted by Gasteiger charge is 2.27. The van der Waals surface area contributed by atoms with Crippen LogP contribution < -0.4 is 5.32 Å². The third-order valence-corrected chi connectivity index (χ3v) is 14.2. The van der Waals surface area contributed by atoms with Crippen molar-refractivity contribution >= 4 is 13.7 Å². The summed E-state index contributed by atoms with van der Waals surface area (Å²) in [6, 6.07) is -0.842. The Bertz CT molecular complexity index is 1070. The number of phosphoric ester groups is 1. The summed E-state index contributed by atoms with van der Waals surface area (Å²) in [5.74, 6) is -0.170. The first kappa shape index (κ1) is 64.2. The van der Waals surface area contributed by atoms with Gasteiger partial charge in [-0.25, -0.2) is 4.57 Å². The van der Waals surface area contributed by atoms with Gasteiger partial charge in [-0.15, -0.1) is 0 Å². The maximum absolute atomic E-state index is 13.0. The van der Waals surface area contributed by atoms with Crippen LogP contribution in [0.2, 0.25) is 0 Å². The molecule has 0 saturated heterocycles. The van der Waals surface area contributed by atoms with Crippen LogP contribution in [0.4, 0.5) is 0 Å². The average molecular weight is 943 g/mol. The Morgan fingerprint density at radius 1 is 0.508 bits per heavy atom. The topological polar surface area (TPSA) is 105 Å². The van der Waals surface area contributed by atoms with Gasteiger partial charge in [-0.2, -0.15) is 0 Å². The molecular formula is C56H114N2O6P+. The molecule has 3 N–H and O–H groups in total. The van der Waals surface area contributed by atoms with Gasteiger partial charge in [-0.1, -0.05) is 276 Å². The fourth-order valence-corrected chi connectivity index (χ4v) is 9.49. The molecule has 0 aromatic rings. The van der Waals surface area contributed by atoms with Crippen LogP contribution in [0.5, 0.6) is 0 Å². The number of carbonyl (C=O) groups is 1. The predicted octanol–water partition coefficient (Wildman–Crippen LogP) is 17.0. The molecule has 0 radical (unpaired) electrons. The summed E-state index contributed by atoms with van der Waals surface area (Å²) in [6.07, 6.45) is 58.7. The number of amides is 1. The van der Waals surface area contributed by atoms with E-state index in [0.717, 1.165) is 32.1 Å².